The number of nitrogens with one attached hydrogen (secondary N) is 1. The van der Waals surface area contributed by atoms with Gasteiger partial charge in [0.15, 0.2) is 5.82 Å². The van der Waals surface area contributed by atoms with E-state index < -0.39 is 0 Å². The fourth-order valence-corrected chi connectivity index (χ4v) is 2.45. The third-order valence-electron chi connectivity index (χ3n) is 3.29. The van der Waals surface area contributed by atoms with Gasteiger partial charge in [-0.2, -0.15) is 9.50 Å². The molecule has 0 aliphatic rings. The first kappa shape index (κ1) is 12.1. The molecule has 21 heavy (non-hydrogen) atoms. The molecule has 0 bridgehead atoms. The first-order chi connectivity index (χ1) is 10.2. The fourth-order valence-electron chi connectivity index (χ4n) is 2.28. The van der Waals surface area contributed by atoms with E-state index in [0.717, 1.165) is 5.56 Å². The topological polar surface area (TPSA) is 63.0 Å². The molecule has 5 nitrogen and oxygen atoms in total. The maximum absolute atomic E-state index is 12.5. The monoisotopic (exact) mass is 296 g/mol. The van der Waals surface area contributed by atoms with Crippen molar-refractivity contribution in [3.8, 4) is 11.4 Å². The standard InChI is InChI=1S/C15H9ClN4O/c16-10-6-7-12-11(8-10)14(21)20-15(17-12)18-13(19-20)9-4-2-1-3-5-9/h1-8H,(H,17,18,19). The van der Waals surface area contributed by atoms with Gasteiger partial charge in [-0.3, -0.25) is 9.89 Å². The normalized spacial score (nSPS) is 11.3. The molecule has 2 aromatic heterocycles. The second kappa shape index (κ2) is 4.43. The van der Waals surface area contributed by atoms with Crippen molar-refractivity contribution in [1.29, 1.82) is 0 Å². The second-order valence-corrected chi connectivity index (χ2v) is 5.09. The Bertz CT molecular complexity index is 1020. The number of H-pyrrole nitrogens is 1. The lowest BCUT2D eigenvalue weighted by molar-refractivity contribution is 0.919. The molecule has 0 aliphatic heterocycles. The summed E-state index contributed by atoms with van der Waals surface area (Å²) in [5.41, 5.74) is 1.26. The zero-order chi connectivity index (χ0) is 14.4. The molecule has 0 saturated heterocycles. The summed E-state index contributed by atoms with van der Waals surface area (Å²) < 4.78 is 1.33. The smallest absolute Gasteiger partial charge is 0.271 e. The van der Waals surface area contributed by atoms with Gasteiger partial charge in [0.25, 0.3) is 11.3 Å². The minimum Gasteiger partial charge on any atom is -0.271 e. The zero-order valence-electron chi connectivity index (χ0n) is 10.7. The largest absolute Gasteiger partial charge is 0.281 e. The highest BCUT2D eigenvalue weighted by molar-refractivity contribution is 6.31. The van der Waals surface area contributed by atoms with E-state index in [1.807, 2.05) is 30.3 Å². The van der Waals surface area contributed by atoms with Crippen LogP contribution in [0, 0.1) is 0 Å². The van der Waals surface area contributed by atoms with Gasteiger partial charge in [-0.1, -0.05) is 41.9 Å². The van der Waals surface area contributed by atoms with Crippen molar-refractivity contribution in [2.24, 2.45) is 0 Å². The lowest BCUT2D eigenvalue weighted by atomic mass is 10.2. The number of nitrogens with zero attached hydrogens (tertiary/aromatic N) is 3. The van der Waals surface area contributed by atoms with Gasteiger partial charge in [0.05, 0.1) is 10.9 Å². The van der Waals surface area contributed by atoms with Crippen LogP contribution in [0.5, 0.6) is 0 Å². The molecule has 4 rings (SSSR count). The minimum absolute atomic E-state index is 0.216. The number of benzene rings is 2. The van der Waals surface area contributed by atoms with Crippen LogP contribution in [-0.4, -0.2) is 19.6 Å². The first-order valence-electron chi connectivity index (χ1n) is 6.36. The Morgan fingerprint density at radius 1 is 1.05 bits per heavy atom. The van der Waals surface area contributed by atoms with Crippen molar-refractivity contribution in [2.75, 3.05) is 0 Å². The molecular weight excluding hydrogens is 288 g/mol. The van der Waals surface area contributed by atoms with Gasteiger partial charge < -0.3 is 0 Å². The van der Waals surface area contributed by atoms with Crippen LogP contribution in [0.1, 0.15) is 0 Å². The summed E-state index contributed by atoms with van der Waals surface area (Å²) in [6, 6.07) is 14.6. The number of rotatable bonds is 1. The van der Waals surface area contributed by atoms with Crippen LogP contribution in [0.3, 0.4) is 0 Å². The average Bonchev–Trinajstić information content (AvgIpc) is 2.94. The average molecular weight is 297 g/mol. The summed E-state index contributed by atoms with van der Waals surface area (Å²) in [6.45, 7) is 0. The van der Waals surface area contributed by atoms with E-state index in [4.69, 9.17) is 11.6 Å². The van der Waals surface area contributed by atoms with Gasteiger partial charge in [-0.15, -0.1) is 0 Å². The highest BCUT2D eigenvalue weighted by atomic mass is 35.5. The third-order valence-corrected chi connectivity index (χ3v) is 3.52. The van der Waals surface area contributed by atoms with Gasteiger partial charge in [0.2, 0.25) is 0 Å². The van der Waals surface area contributed by atoms with Crippen LogP contribution in [0.15, 0.2) is 53.3 Å². The molecule has 0 radical (unpaired) electrons. The minimum atomic E-state index is -0.216. The van der Waals surface area contributed by atoms with E-state index >= 15 is 0 Å². The molecule has 0 aliphatic carbocycles. The van der Waals surface area contributed by atoms with Crippen molar-refractivity contribution in [1.82, 2.24) is 19.6 Å². The lowest BCUT2D eigenvalue weighted by Crippen LogP contribution is -2.15. The Hall–Kier alpha value is -2.66. The molecular formula is C15H9ClN4O. The summed E-state index contributed by atoms with van der Waals surface area (Å²) in [4.78, 5) is 21.2. The number of aromatic nitrogens is 4. The zero-order valence-corrected chi connectivity index (χ0v) is 11.5. The van der Waals surface area contributed by atoms with Gasteiger partial charge in [-0.05, 0) is 18.2 Å². The molecule has 0 spiro atoms. The molecule has 0 saturated carbocycles. The van der Waals surface area contributed by atoms with Gasteiger partial charge >= 0.3 is 0 Å². The predicted octanol–water partition coefficient (Wildman–Crippen LogP) is 2.89. The summed E-state index contributed by atoms with van der Waals surface area (Å²) in [5.74, 6) is 0.940. The second-order valence-electron chi connectivity index (χ2n) is 4.65. The summed E-state index contributed by atoms with van der Waals surface area (Å²) >= 11 is 5.94. The van der Waals surface area contributed by atoms with Crippen LogP contribution < -0.4 is 5.56 Å². The Morgan fingerprint density at radius 2 is 1.86 bits per heavy atom. The highest BCUT2D eigenvalue weighted by Gasteiger charge is 2.11. The molecule has 1 N–H and O–H groups in total. The SMILES string of the molecule is O=c1c2cc(Cl)ccc2nc2nc(-c3ccccc3)[nH]n12. The van der Waals surface area contributed by atoms with E-state index in [1.165, 1.54) is 4.52 Å². The third kappa shape index (κ3) is 1.90. The van der Waals surface area contributed by atoms with Crippen LogP contribution in [-0.2, 0) is 0 Å². The Morgan fingerprint density at radius 3 is 2.67 bits per heavy atom. The molecule has 102 valence electrons. The van der Waals surface area contributed by atoms with Crippen molar-refractivity contribution < 1.29 is 0 Å². The molecule has 0 unspecified atom stereocenters. The summed E-state index contributed by atoms with van der Waals surface area (Å²) in [6.07, 6.45) is 0. The number of hydrogen-bond acceptors (Lipinski definition) is 3. The van der Waals surface area contributed by atoms with Crippen molar-refractivity contribution in [2.45, 2.75) is 0 Å². The van der Waals surface area contributed by atoms with Crippen LogP contribution in [0.4, 0.5) is 0 Å². The Kier molecular flexibility index (Phi) is 2.55. The van der Waals surface area contributed by atoms with Crippen molar-refractivity contribution in [3.05, 3.63) is 63.9 Å². The predicted molar refractivity (Wildman–Crippen MR) is 81.6 cm³/mol. The Labute approximate surface area is 123 Å². The highest BCUT2D eigenvalue weighted by Crippen LogP contribution is 2.17. The molecule has 0 fully saturated rings. The van der Waals surface area contributed by atoms with E-state index in [1.54, 1.807) is 18.2 Å². The molecule has 4 aromatic rings. The summed E-state index contributed by atoms with van der Waals surface area (Å²) in [5, 5.41) is 3.94. The molecule has 2 aromatic carbocycles. The molecule has 0 atom stereocenters. The van der Waals surface area contributed by atoms with Gasteiger partial charge in [0.1, 0.15) is 0 Å². The maximum atomic E-state index is 12.5. The molecule has 6 heteroatoms. The number of fused-ring (bicyclic) bond motifs is 2. The Balaban J connectivity index is 2.06. The van der Waals surface area contributed by atoms with E-state index in [2.05, 4.69) is 15.1 Å². The van der Waals surface area contributed by atoms with Crippen molar-refractivity contribution in [3.63, 3.8) is 0 Å². The number of hydrogen-bond donors (Lipinski definition) is 1. The van der Waals surface area contributed by atoms with Gasteiger partial charge in [0, 0.05) is 10.6 Å². The van der Waals surface area contributed by atoms with E-state index in [9.17, 15) is 4.79 Å². The first-order valence-corrected chi connectivity index (χ1v) is 6.74. The maximum Gasteiger partial charge on any atom is 0.281 e. The quantitative estimate of drug-likeness (QED) is 0.587. The van der Waals surface area contributed by atoms with Crippen LogP contribution in [0.25, 0.3) is 28.1 Å². The van der Waals surface area contributed by atoms with Gasteiger partial charge in [-0.25, -0.2) is 4.98 Å². The number of halogens is 1. The van der Waals surface area contributed by atoms with Crippen LogP contribution >= 0.6 is 11.6 Å². The molecule has 0 amide bonds. The van der Waals surface area contributed by atoms with Crippen LogP contribution in [0.2, 0.25) is 5.02 Å². The van der Waals surface area contributed by atoms with E-state index in [0.29, 0.717) is 27.5 Å². The number of aromatic amines is 1. The van der Waals surface area contributed by atoms with E-state index in [-0.39, 0.29) is 5.56 Å². The summed E-state index contributed by atoms with van der Waals surface area (Å²) in [7, 11) is 0. The van der Waals surface area contributed by atoms with Crippen molar-refractivity contribution >= 4 is 28.3 Å². The lowest BCUT2D eigenvalue weighted by Gasteiger charge is -1.97. The fraction of sp³-hybridized carbons (Fsp3) is 0. The molecule has 2 heterocycles.